The van der Waals surface area contributed by atoms with Gasteiger partial charge in [-0.1, -0.05) is 47.5 Å². The average Bonchev–Trinajstić information content (AvgIpc) is 2.99. The fourth-order valence-electron chi connectivity index (χ4n) is 3.84. The summed E-state index contributed by atoms with van der Waals surface area (Å²) in [6.07, 6.45) is 0. The van der Waals surface area contributed by atoms with Gasteiger partial charge in [0.25, 0.3) is 10.0 Å². The predicted octanol–water partition coefficient (Wildman–Crippen LogP) is 5.64. The van der Waals surface area contributed by atoms with Gasteiger partial charge < -0.3 is 4.57 Å². The Labute approximate surface area is 179 Å². The van der Waals surface area contributed by atoms with E-state index in [1.54, 1.807) is 24.3 Å². The molecule has 0 amide bonds. The second-order valence-corrected chi connectivity index (χ2v) is 9.46. The highest BCUT2D eigenvalue weighted by molar-refractivity contribution is 7.92. The lowest BCUT2D eigenvalue weighted by molar-refractivity contribution is 0.601. The van der Waals surface area contributed by atoms with Gasteiger partial charge in [-0.15, -0.1) is 0 Å². The van der Waals surface area contributed by atoms with E-state index >= 15 is 0 Å². The van der Waals surface area contributed by atoms with Crippen LogP contribution in [0.2, 0.25) is 5.02 Å². The molecule has 2 heterocycles. The number of rotatable bonds is 3. The Kier molecular flexibility index (Phi) is 4.24. The number of aromatic nitrogens is 2. The van der Waals surface area contributed by atoms with Crippen LogP contribution >= 0.6 is 11.6 Å². The molecule has 0 saturated carbocycles. The second-order valence-electron chi connectivity index (χ2n) is 7.34. The molecule has 30 heavy (non-hydrogen) atoms. The minimum atomic E-state index is -3.79. The number of nitrogens with zero attached hydrogens (tertiary/aromatic N) is 2. The molecule has 7 heteroatoms. The van der Waals surface area contributed by atoms with Crippen LogP contribution in [-0.4, -0.2) is 18.0 Å². The molecule has 5 nitrogen and oxygen atoms in total. The Hall–Kier alpha value is -3.09. The highest BCUT2D eigenvalue weighted by atomic mass is 35.5. The number of pyridine rings is 1. The molecular weight excluding hydrogens is 418 g/mol. The molecule has 1 N–H and O–H groups in total. The van der Waals surface area contributed by atoms with Crippen LogP contribution in [0.25, 0.3) is 32.8 Å². The summed E-state index contributed by atoms with van der Waals surface area (Å²) in [7, 11) is -1.89. The Balaban J connectivity index is 1.85. The third-order valence-corrected chi connectivity index (χ3v) is 6.95. The lowest BCUT2D eigenvalue weighted by Gasteiger charge is -2.13. The first kappa shape index (κ1) is 18.9. The van der Waals surface area contributed by atoms with Gasteiger partial charge in [0, 0.05) is 22.8 Å². The predicted molar refractivity (Wildman–Crippen MR) is 123 cm³/mol. The van der Waals surface area contributed by atoms with E-state index in [-0.39, 0.29) is 4.90 Å². The molecule has 0 saturated heterocycles. The van der Waals surface area contributed by atoms with E-state index in [4.69, 9.17) is 16.6 Å². The van der Waals surface area contributed by atoms with Crippen molar-refractivity contribution in [2.24, 2.45) is 7.05 Å². The summed E-state index contributed by atoms with van der Waals surface area (Å²) < 4.78 is 31.2. The van der Waals surface area contributed by atoms with Crippen LogP contribution in [0.3, 0.4) is 0 Å². The van der Waals surface area contributed by atoms with Gasteiger partial charge in [0.1, 0.15) is 0 Å². The molecule has 0 aliphatic rings. The van der Waals surface area contributed by atoms with E-state index in [1.807, 2.05) is 61.0 Å². The van der Waals surface area contributed by atoms with Crippen molar-refractivity contribution in [3.05, 3.63) is 77.3 Å². The Morgan fingerprint density at radius 2 is 1.70 bits per heavy atom. The third kappa shape index (κ3) is 2.91. The van der Waals surface area contributed by atoms with E-state index in [0.29, 0.717) is 27.3 Å². The molecule has 0 unspecified atom stereocenters. The standard InChI is InChI=1S/C23H18ClN3O2S/c1-14-7-10-16(11-8-14)30(28,29)26-22-17-5-3-4-6-19(17)25-21-18-13-15(24)9-12-20(18)27(2)23(21)22/h3-13H,1-2H3,(H,25,26). The third-order valence-electron chi connectivity index (χ3n) is 5.34. The highest BCUT2D eigenvalue weighted by Gasteiger charge is 2.22. The lowest BCUT2D eigenvalue weighted by atomic mass is 10.1. The fraction of sp³-hybridized carbons (Fsp3) is 0.0870. The number of nitrogens with one attached hydrogen (secondary N) is 1. The number of anilines is 1. The summed E-state index contributed by atoms with van der Waals surface area (Å²) in [4.78, 5) is 5.04. The van der Waals surface area contributed by atoms with Gasteiger partial charge in [-0.3, -0.25) is 4.72 Å². The van der Waals surface area contributed by atoms with E-state index in [0.717, 1.165) is 21.9 Å². The van der Waals surface area contributed by atoms with Gasteiger partial charge in [0.15, 0.2) is 0 Å². The summed E-state index contributed by atoms with van der Waals surface area (Å²) in [5.74, 6) is 0. The number of hydrogen-bond acceptors (Lipinski definition) is 3. The molecule has 0 fully saturated rings. The lowest BCUT2D eigenvalue weighted by Crippen LogP contribution is -2.14. The van der Waals surface area contributed by atoms with Gasteiger partial charge in [-0.2, -0.15) is 0 Å². The Morgan fingerprint density at radius 1 is 0.967 bits per heavy atom. The maximum absolute atomic E-state index is 13.2. The topological polar surface area (TPSA) is 64.0 Å². The fourth-order valence-corrected chi connectivity index (χ4v) is 5.10. The van der Waals surface area contributed by atoms with Crippen molar-refractivity contribution in [2.45, 2.75) is 11.8 Å². The van der Waals surface area contributed by atoms with Crippen LogP contribution in [-0.2, 0) is 17.1 Å². The summed E-state index contributed by atoms with van der Waals surface area (Å²) in [6, 6.07) is 19.9. The number of hydrogen-bond donors (Lipinski definition) is 1. The molecule has 5 aromatic rings. The number of sulfonamides is 1. The largest absolute Gasteiger partial charge is 0.341 e. The molecule has 150 valence electrons. The Bertz CT molecular complexity index is 1560. The molecule has 0 aliphatic heterocycles. The van der Waals surface area contributed by atoms with Gasteiger partial charge in [0.2, 0.25) is 0 Å². The zero-order valence-electron chi connectivity index (χ0n) is 16.3. The Morgan fingerprint density at radius 3 is 2.47 bits per heavy atom. The maximum atomic E-state index is 13.2. The summed E-state index contributed by atoms with van der Waals surface area (Å²) in [6.45, 7) is 1.92. The molecule has 0 atom stereocenters. The van der Waals surface area contributed by atoms with Crippen molar-refractivity contribution in [3.8, 4) is 0 Å². The first-order valence-corrected chi connectivity index (χ1v) is 11.3. The van der Waals surface area contributed by atoms with Crippen LogP contribution in [0.4, 0.5) is 5.69 Å². The number of halogens is 1. The monoisotopic (exact) mass is 435 g/mol. The highest BCUT2D eigenvalue weighted by Crippen LogP contribution is 2.38. The minimum absolute atomic E-state index is 0.212. The zero-order valence-corrected chi connectivity index (χ0v) is 17.9. The molecule has 3 aromatic carbocycles. The van der Waals surface area contributed by atoms with E-state index < -0.39 is 10.0 Å². The summed E-state index contributed by atoms with van der Waals surface area (Å²) in [5.41, 5.74) is 4.55. The van der Waals surface area contributed by atoms with Crippen LogP contribution in [0.5, 0.6) is 0 Å². The minimum Gasteiger partial charge on any atom is -0.341 e. The van der Waals surface area contributed by atoms with Gasteiger partial charge in [0.05, 0.1) is 32.6 Å². The number of benzene rings is 3. The first-order chi connectivity index (χ1) is 14.3. The maximum Gasteiger partial charge on any atom is 0.261 e. The summed E-state index contributed by atoms with van der Waals surface area (Å²) >= 11 is 6.24. The molecule has 0 aliphatic carbocycles. The van der Waals surface area contributed by atoms with Crippen LogP contribution in [0, 0.1) is 6.92 Å². The van der Waals surface area contributed by atoms with E-state index in [1.165, 1.54) is 0 Å². The van der Waals surface area contributed by atoms with Crippen molar-refractivity contribution in [1.29, 1.82) is 0 Å². The SMILES string of the molecule is Cc1ccc(S(=O)(=O)Nc2c3ccccc3nc3c4cc(Cl)ccc4n(C)c23)cc1. The van der Waals surface area contributed by atoms with Crippen molar-refractivity contribution >= 4 is 60.2 Å². The second kappa shape index (κ2) is 6.72. The number of para-hydroxylation sites is 1. The molecule has 0 spiro atoms. The molecular formula is C23H18ClN3O2S. The zero-order chi connectivity index (χ0) is 21.0. The van der Waals surface area contributed by atoms with Gasteiger partial charge in [-0.05, 0) is 43.3 Å². The quantitative estimate of drug-likeness (QED) is 0.398. The van der Waals surface area contributed by atoms with E-state index in [2.05, 4.69) is 4.72 Å². The molecule has 0 radical (unpaired) electrons. The first-order valence-electron chi connectivity index (χ1n) is 9.41. The van der Waals surface area contributed by atoms with Gasteiger partial charge in [-0.25, -0.2) is 13.4 Å². The number of aryl methyl sites for hydroxylation is 2. The van der Waals surface area contributed by atoms with Crippen molar-refractivity contribution in [3.63, 3.8) is 0 Å². The van der Waals surface area contributed by atoms with Crippen LogP contribution < -0.4 is 4.72 Å². The van der Waals surface area contributed by atoms with Crippen LogP contribution in [0.15, 0.2) is 71.6 Å². The average molecular weight is 436 g/mol. The summed E-state index contributed by atoms with van der Waals surface area (Å²) in [5, 5.41) is 2.21. The molecule has 2 aromatic heterocycles. The molecule has 0 bridgehead atoms. The van der Waals surface area contributed by atoms with Crippen molar-refractivity contribution in [1.82, 2.24) is 9.55 Å². The van der Waals surface area contributed by atoms with Crippen molar-refractivity contribution in [2.75, 3.05) is 4.72 Å². The van der Waals surface area contributed by atoms with Crippen LogP contribution in [0.1, 0.15) is 5.56 Å². The number of fused-ring (bicyclic) bond motifs is 4. The van der Waals surface area contributed by atoms with Gasteiger partial charge >= 0.3 is 0 Å². The molecule has 5 rings (SSSR count). The van der Waals surface area contributed by atoms with E-state index in [9.17, 15) is 8.42 Å². The van der Waals surface area contributed by atoms with Crippen molar-refractivity contribution < 1.29 is 8.42 Å². The normalized spacial score (nSPS) is 12.1. The smallest absolute Gasteiger partial charge is 0.261 e.